The van der Waals surface area contributed by atoms with E-state index in [0.29, 0.717) is 10.2 Å². The summed E-state index contributed by atoms with van der Waals surface area (Å²) in [7, 11) is 1.21. The van der Waals surface area contributed by atoms with Crippen LogP contribution in [0.5, 0.6) is 11.5 Å². The summed E-state index contributed by atoms with van der Waals surface area (Å²) in [5, 5.41) is 0. The number of aromatic nitrogens is 1. The van der Waals surface area contributed by atoms with E-state index in [1.807, 2.05) is 0 Å². The Morgan fingerprint density at radius 3 is 2.75 bits per heavy atom. The Labute approximate surface area is 122 Å². The van der Waals surface area contributed by atoms with E-state index < -0.39 is 11.8 Å². The number of hydrogen-bond acceptors (Lipinski definition) is 5. The van der Waals surface area contributed by atoms with E-state index in [1.54, 1.807) is 12.3 Å². The van der Waals surface area contributed by atoms with Gasteiger partial charge in [-0.15, -0.1) is 0 Å². The minimum atomic E-state index is -0.685. The summed E-state index contributed by atoms with van der Waals surface area (Å²) in [6.07, 6.45) is 2.98. The van der Waals surface area contributed by atoms with Gasteiger partial charge < -0.3 is 15.2 Å². The number of rotatable bonds is 3. The molecule has 104 valence electrons. The first-order valence-electron chi connectivity index (χ1n) is 5.47. The Kier molecular flexibility index (Phi) is 4.19. The molecule has 0 saturated carbocycles. The zero-order chi connectivity index (χ0) is 14.7. The first-order chi connectivity index (χ1) is 9.51. The highest BCUT2D eigenvalue weighted by Crippen LogP contribution is 2.29. The van der Waals surface area contributed by atoms with Crippen molar-refractivity contribution in [3.8, 4) is 11.5 Å². The summed E-state index contributed by atoms with van der Waals surface area (Å²) >= 11 is 3.22. The molecule has 7 heteroatoms. The van der Waals surface area contributed by atoms with Gasteiger partial charge in [-0.05, 0) is 22.0 Å². The molecule has 2 N–H and O–H groups in total. The van der Waals surface area contributed by atoms with Crippen molar-refractivity contribution in [1.82, 2.24) is 4.98 Å². The van der Waals surface area contributed by atoms with E-state index >= 15 is 0 Å². The van der Waals surface area contributed by atoms with Crippen molar-refractivity contribution in [3.63, 3.8) is 0 Å². The molecule has 0 aliphatic rings. The number of carbonyl (C=O) groups is 1. The van der Waals surface area contributed by atoms with E-state index in [1.165, 1.54) is 19.4 Å². The van der Waals surface area contributed by atoms with E-state index in [0.717, 1.165) is 6.07 Å². The predicted octanol–water partition coefficient (Wildman–Crippen LogP) is 3.14. The maximum atomic E-state index is 13.8. The third-order valence-corrected chi connectivity index (χ3v) is 2.85. The summed E-state index contributed by atoms with van der Waals surface area (Å²) in [6.45, 7) is 0. The van der Waals surface area contributed by atoms with Gasteiger partial charge in [0.25, 0.3) is 0 Å². The van der Waals surface area contributed by atoms with Crippen LogP contribution in [0.2, 0.25) is 0 Å². The van der Waals surface area contributed by atoms with Crippen molar-refractivity contribution in [1.29, 1.82) is 0 Å². The van der Waals surface area contributed by atoms with Crippen molar-refractivity contribution in [2.24, 2.45) is 0 Å². The fraction of sp³-hybridized carbons (Fsp3) is 0.0769. The third-order valence-electron chi connectivity index (χ3n) is 2.42. The highest BCUT2D eigenvalue weighted by atomic mass is 79.9. The molecule has 2 aromatic rings. The second-order valence-corrected chi connectivity index (χ2v) is 4.72. The van der Waals surface area contributed by atoms with E-state index in [-0.39, 0.29) is 17.0 Å². The molecule has 20 heavy (non-hydrogen) atoms. The highest BCUT2D eigenvalue weighted by molar-refractivity contribution is 9.10. The van der Waals surface area contributed by atoms with E-state index in [2.05, 4.69) is 25.7 Å². The number of nitrogens with zero attached hydrogens (tertiary/aromatic N) is 1. The van der Waals surface area contributed by atoms with Gasteiger partial charge in [0.05, 0.1) is 18.9 Å². The number of methoxy groups -OCH3 is 1. The molecule has 2 rings (SSSR count). The largest absolute Gasteiger partial charge is 0.465 e. The van der Waals surface area contributed by atoms with Crippen molar-refractivity contribution < 1.29 is 18.7 Å². The van der Waals surface area contributed by atoms with Crippen molar-refractivity contribution in [2.75, 3.05) is 12.8 Å². The Hall–Kier alpha value is -2.15. The monoisotopic (exact) mass is 340 g/mol. The molecule has 0 amide bonds. The van der Waals surface area contributed by atoms with Gasteiger partial charge in [-0.1, -0.05) is 0 Å². The lowest BCUT2D eigenvalue weighted by Crippen LogP contribution is -2.06. The molecule has 0 aliphatic heterocycles. The number of benzene rings is 1. The lowest BCUT2D eigenvalue weighted by atomic mass is 10.1. The number of ether oxygens (including phenoxy) is 2. The summed E-state index contributed by atoms with van der Waals surface area (Å²) < 4.78 is 24.4. The van der Waals surface area contributed by atoms with Crippen LogP contribution in [-0.4, -0.2) is 18.1 Å². The second-order valence-electron chi connectivity index (χ2n) is 3.80. The molecule has 1 aromatic carbocycles. The summed E-state index contributed by atoms with van der Waals surface area (Å²) in [6, 6.07) is 3.81. The van der Waals surface area contributed by atoms with Crippen molar-refractivity contribution >= 4 is 27.6 Å². The molecule has 0 unspecified atom stereocenters. The lowest BCUT2D eigenvalue weighted by molar-refractivity contribution is 0.0601. The van der Waals surface area contributed by atoms with Gasteiger partial charge in [0.1, 0.15) is 5.75 Å². The number of anilines is 1. The molecule has 0 atom stereocenters. The van der Waals surface area contributed by atoms with E-state index in [9.17, 15) is 9.18 Å². The molecule has 1 aromatic heterocycles. The van der Waals surface area contributed by atoms with Crippen LogP contribution in [0.3, 0.4) is 0 Å². The lowest BCUT2D eigenvalue weighted by Gasteiger charge is -2.10. The Morgan fingerprint density at radius 2 is 2.10 bits per heavy atom. The predicted molar refractivity (Wildman–Crippen MR) is 74.2 cm³/mol. The van der Waals surface area contributed by atoms with Crippen LogP contribution in [0.1, 0.15) is 10.4 Å². The molecule has 0 radical (unpaired) electrons. The van der Waals surface area contributed by atoms with Crippen LogP contribution in [0.25, 0.3) is 0 Å². The quantitative estimate of drug-likeness (QED) is 0.686. The van der Waals surface area contributed by atoms with Gasteiger partial charge in [-0.25, -0.2) is 9.18 Å². The number of nitrogens with two attached hydrogens (primary N) is 1. The fourth-order valence-corrected chi connectivity index (χ4v) is 1.85. The standard InChI is InChI=1S/C13H10BrFN2O3/c1-19-13(18)9-3-12(10(15)4-11(9)16)20-8-2-7(14)5-17-6-8/h2-6H,16H2,1H3. The van der Waals surface area contributed by atoms with Gasteiger partial charge in [0.2, 0.25) is 0 Å². The maximum absolute atomic E-state index is 13.8. The SMILES string of the molecule is COC(=O)c1cc(Oc2cncc(Br)c2)c(F)cc1N. The van der Waals surface area contributed by atoms with Crippen molar-refractivity contribution in [2.45, 2.75) is 0 Å². The van der Waals surface area contributed by atoms with Crippen molar-refractivity contribution in [3.05, 3.63) is 46.4 Å². The maximum Gasteiger partial charge on any atom is 0.340 e. The van der Waals surface area contributed by atoms with Crippen LogP contribution in [0.15, 0.2) is 35.1 Å². The molecule has 0 fully saturated rings. The molecular weight excluding hydrogens is 331 g/mol. The number of nitrogen functional groups attached to an aromatic ring is 1. The van der Waals surface area contributed by atoms with Crippen LogP contribution < -0.4 is 10.5 Å². The zero-order valence-electron chi connectivity index (χ0n) is 10.4. The topological polar surface area (TPSA) is 74.4 Å². The Balaban J connectivity index is 2.39. The molecule has 0 bridgehead atoms. The minimum Gasteiger partial charge on any atom is -0.465 e. The van der Waals surface area contributed by atoms with Crippen LogP contribution >= 0.6 is 15.9 Å². The smallest absolute Gasteiger partial charge is 0.340 e. The van der Waals surface area contributed by atoms with Gasteiger partial charge in [0, 0.05) is 28.5 Å². The average Bonchev–Trinajstić information content (AvgIpc) is 2.41. The molecule has 0 aliphatic carbocycles. The van der Waals surface area contributed by atoms with Crippen LogP contribution in [-0.2, 0) is 4.74 Å². The summed E-state index contributed by atoms with van der Waals surface area (Å²) in [5.74, 6) is -1.17. The summed E-state index contributed by atoms with van der Waals surface area (Å²) in [4.78, 5) is 15.4. The second kappa shape index (κ2) is 5.87. The molecule has 5 nitrogen and oxygen atoms in total. The number of esters is 1. The van der Waals surface area contributed by atoms with Crippen LogP contribution in [0, 0.1) is 5.82 Å². The highest BCUT2D eigenvalue weighted by Gasteiger charge is 2.16. The van der Waals surface area contributed by atoms with Gasteiger partial charge in [0.15, 0.2) is 11.6 Å². The Morgan fingerprint density at radius 1 is 1.35 bits per heavy atom. The average molecular weight is 341 g/mol. The first kappa shape index (κ1) is 14.3. The zero-order valence-corrected chi connectivity index (χ0v) is 12.0. The van der Waals surface area contributed by atoms with Gasteiger partial charge >= 0.3 is 5.97 Å². The van der Waals surface area contributed by atoms with Gasteiger partial charge in [-0.3, -0.25) is 4.98 Å². The first-order valence-corrected chi connectivity index (χ1v) is 6.26. The number of pyridine rings is 1. The number of halogens is 2. The molecule has 1 heterocycles. The molecule has 0 spiro atoms. The number of carbonyl (C=O) groups excluding carboxylic acids is 1. The fourth-order valence-electron chi connectivity index (χ4n) is 1.51. The van der Waals surface area contributed by atoms with E-state index in [4.69, 9.17) is 10.5 Å². The minimum absolute atomic E-state index is 0.0194. The van der Waals surface area contributed by atoms with Gasteiger partial charge in [-0.2, -0.15) is 0 Å². The summed E-state index contributed by atoms with van der Waals surface area (Å²) in [5.41, 5.74) is 5.58. The molecular formula is C13H10BrFN2O3. The Bertz CT molecular complexity index is 664. The number of hydrogen-bond donors (Lipinski definition) is 1. The normalized spacial score (nSPS) is 10.2. The third kappa shape index (κ3) is 3.05. The van der Waals surface area contributed by atoms with Crippen LogP contribution in [0.4, 0.5) is 10.1 Å². The molecule has 0 saturated heterocycles.